The molecule has 0 aliphatic heterocycles. The summed E-state index contributed by atoms with van der Waals surface area (Å²) in [4.78, 5) is 22.5. The largest absolute Gasteiger partial charge is 0.484 e. The van der Waals surface area contributed by atoms with Gasteiger partial charge in [0, 0.05) is 17.8 Å². The molecule has 0 fully saturated rings. The van der Waals surface area contributed by atoms with Gasteiger partial charge in [-0.05, 0) is 42.3 Å². The van der Waals surface area contributed by atoms with Gasteiger partial charge >= 0.3 is 0 Å². The number of nitro groups is 1. The summed E-state index contributed by atoms with van der Waals surface area (Å²) in [6, 6.07) is 14.7. The first-order chi connectivity index (χ1) is 13.5. The minimum atomic E-state index is -0.539. The van der Waals surface area contributed by atoms with E-state index in [0.717, 1.165) is 6.42 Å². The summed E-state index contributed by atoms with van der Waals surface area (Å²) in [5.74, 6) is 0.475. The van der Waals surface area contributed by atoms with Crippen LogP contribution in [0.1, 0.15) is 28.8 Å². The summed E-state index contributed by atoms with van der Waals surface area (Å²) >= 11 is 5.98. The van der Waals surface area contributed by atoms with Crippen LogP contribution in [0.15, 0.2) is 59.0 Å². The van der Waals surface area contributed by atoms with Gasteiger partial charge < -0.3 is 14.5 Å². The maximum absolute atomic E-state index is 12.3. The average Bonchev–Trinajstić information content (AvgIpc) is 3.16. The van der Waals surface area contributed by atoms with Gasteiger partial charge in [-0.2, -0.15) is 0 Å². The van der Waals surface area contributed by atoms with Crippen molar-refractivity contribution in [3.05, 3.63) is 86.8 Å². The molecule has 0 spiro atoms. The lowest BCUT2D eigenvalue weighted by Gasteiger charge is -2.06. The molecule has 3 aromatic rings. The molecule has 1 heterocycles. The van der Waals surface area contributed by atoms with Crippen LogP contribution in [-0.4, -0.2) is 10.8 Å². The molecule has 0 aliphatic rings. The van der Waals surface area contributed by atoms with Gasteiger partial charge in [0.2, 0.25) is 0 Å². The first kappa shape index (κ1) is 19.4. The number of ether oxygens (including phenoxy) is 1. The van der Waals surface area contributed by atoms with E-state index in [9.17, 15) is 14.9 Å². The van der Waals surface area contributed by atoms with E-state index in [-0.39, 0.29) is 34.7 Å². The van der Waals surface area contributed by atoms with Crippen molar-refractivity contribution in [2.24, 2.45) is 0 Å². The summed E-state index contributed by atoms with van der Waals surface area (Å²) in [5.41, 5.74) is 1.73. The SMILES string of the molecule is CCc1ccc(NC(=O)c2ccc(COc3ccc([N+](=O)[O-])cc3Cl)o2)cc1. The highest BCUT2D eigenvalue weighted by Gasteiger charge is 2.14. The van der Waals surface area contributed by atoms with Gasteiger partial charge in [0.25, 0.3) is 11.6 Å². The van der Waals surface area contributed by atoms with Crippen LogP contribution in [0.5, 0.6) is 5.75 Å². The molecule has 7 nitrogen and oxygen atoms in total. The Balaban J connectivity index is 1.60. The highest BCUT2D eigenvalue weighted by atomic mass is 35.5. The highest BCUT2D eigenvalue weighted by molar-refractivity contribution is 6.32. The van der Waals surface area contributed by atoms with Gasteiger partial charge in [-0.25, -0.2) is 0 Å². The fourth-order valence-corrected chi connectivity index (χ4v) is 2.69. The molecule has 0 radical (unpaired) electrons. The molecule has 0 aliphatic carbocycles. The van der Waals surface area contributed by atoms with Crippen molar-refractivity contribution in [3.63, 3.8) is 0 Å². The van der Waals surface area contributed by atoms with Crippen molar-refractivity contribution in [3.8, 4) is 5.75 Å². The Hall–Kier alpha value is -3.32. The summed E-state index contributed by atoms with van der Waals surface area (Å²) in [6.45, 7) is 2.08. The minimum absolute atomic E-state index is 0.0238. The average molecular weight is 401 g/mol. The van der Waals surface area contributed by atoms with E-state index in [1.807, 2.05) is 24.3 Å². The fraction of sp³-hybridized carbons (Fsp3) is 0.150. The quantitative estimate of drug-likeness (QED) is 0.432. The second kappa shape index (κ2) is 8.58. The van der Waals surface area contributed by atoms with Crippen molar-refractivity contribution in [2.45, 2.75) is 20.0 Å². The predicted molar refractivity (Wildman–Crippen MR) is 105 cm³/mol. The number of nitrogens with one attached hydrogen (secondary N) is 1. The van der Waals surface area contributed by atoms with Crippen LogP contribution in [0.4, 0.5) is 11.4 Å². The Morgan fingerprint density at radius 2 is 1.93 bits per heavy atom. The van der Waals surface area contributed by atoms with Crippen LogP contribution in [-0.2, 0) is 13.0 Å². The molecular formula is C20H17ClN2O5. The van der Waals surface area contributed by atoms with Gasteiger partial charge in [-0.3, -0.25) is 14.9 Å². The number of carbonyl (C=O) groups excluding carboxylic acids is 1. The smallest absolute Gasteiger partial charge is 0.291 e. The molecule has 0 saturated heterocycles. The van der Waals surface area contributed by atoms with Crippen LogP contribution in [0.2, 0.25) is 5.02 Å². The standard InChI is InChI=1S/C20H17ClN2O5/c1-2-13-3-5-14(6-4-13)22-20(24)19-10-8-16(28-19)12-27-18-9-7-15(23(25)26)11-17(18)21/h3-11H,2,12H2,1H3,(H,22,24). The molecular weight excluding hydrogens is 384 g/mol. The molecule has 1 amide bonds. The molecule has 8 heteroatoms. The van der Waals surface area contributed by atoms with Crippen molar-refractivity contribution >= 4 is 28.9 Å². The van der Waals surface area contributed by atoms with Crippen LogP contribution in [0, 0.1) is 10.1 Å². The third-order valence-electron chi connectivity index (χ3n) is 4.00. The topological polar surface area (TPSA) is 94.6 Å². The number of aryl methyl sites for hydroxylation is 1. The second-order valence-electron chi connectivity index (χ2n) is 5.93. The zero-order chi connectivity index (χ0) is 20.1. The lowest BCUT2D eigenvalue weighted by Crippen LogP contribution is -2.10. The number of anilines is 1. The first-order valence-corrected chi connectivity index (χ1v) is 8.90. The number of hydrogen-bond donors (Lipinski definition) is 1. The zero-order valence-electron chi connectivity index (χ0n) is 15.0. The van der Waals surface area contributed by atoms with E-state index in [1.54, 1.807) is 12.1 Å². The van der Waals surface area contributed by atoms with Gasteiger partial charge in [0.05, 0.1) is 9.95 Å². The van der Waals surface area contributed by atoms with Crippen LogP contribution >= 0.6 is 11.6 Å². The molecule has 28 heavy (non-hydrogen) atoms. The Labute approximate surface area is 166 Å². The lowest BCUT2D eigenvalue weighted by molar-refractivity contribution is -0.384. The maximum atomic E-state index is 12.3. The molecule has 144 valence electrons. The zero-order valence-corrected chi connectivity index (χ0v) is 15.7. The number of hydrogen-bond acceptors (Lipinski definition) is 5. The van der Waals surface area contributed by atoms with Crippen molar-refractivity contribution < 1.29 is 18.9 Å². The number of non-ortho nitro benzene ring substituents is 1. The summed E-state index contributed by atoms with van der Waals surface area (Å²) in [6.07, 6.45) is 0.925. The third kappa shape index (κ3) is 4.69. The van der Waals surface area contributed by atoms with Crippen LogP contribution < -0.4 is 10.1 Å². The number of rotatable bonds is 7. The molecule has 0 saturated carbocycles. The molecule has 1 aromatic heterocycles. The normalized spacial score (nSPS) is 10.5. The number of halogens is 1. The van der Waals surface area contributed by atoms with E-state index in [4.69, 9.17) is 20.8 Å². The molecule has 0 atom stereocenters. The van der Waals surface area contributed by atoms with E-state index in [0.29, 0.717) is 11.4 Å². The Morgan fingerprint density at radius 1 is 1.18 bits per heavy atom. The molecule has 2 aromatic carbocycles. The van der Waals surface area contributed by atoms with Gasteiger partial charge in [0.1, 0.15) is 18.1 Å². The highest BCUT2D eigenvalue weighted by Crippen LogP contribution is 2.29. The number of amides is 1. The summed E-state index contributed by atoms with van der Waals surface area (Å²) in [7, 11) is 0. The van der Waals surface area contributed by atoms with Gasteiger partial charge in [-0.15, -0.1) is 0 Å². The number of furan rings is 1. The Bertz CT molecular complexity index is 998. The van der Waals surface area contributed by atoms with Crippen LogP contribution in [0.25, 0.3) is 0 Å². The molecule has 0 unspecified atom stereocenters. The second-order valence-corrected chi connectivity index (χ2v) is 6.34. The number of benzene rings is 2. The number of carbonyl (C=O) groups is 1. The van der Waals surface area contributed by atoms with E-state index in [2.05, 4.69) is 12.2 Å². The Morgan fingerprint density at radius 3 is 2.57 bits per heavy atom. The van der Waals surface area contributed by atoms with Crippen LogP contribution in [0.3, 0.4) is 0 Å². The maximum Gasteiger partial charge on any atom is 0.291 e. The number of nitrogens with zero attached hydrogens (tertiary/aromatic N) is 1. The Kier molecular flexibility index (Phi) is 5.96. The van der Waals surface area contributed by atoms with Crippen molar-refractivity contribution in [2.75, 3.05) is 5.32 Å². The predicted octanol–water partition coefficient (Wildman–Crippen LogP) is 5.23. The van der Waals surface area contributed by atoms with Crippen molar-refractivity contribution in [1.29, 1.82) is 0 Å². The summed E-state index contributed by atoms with van der Waals surface area (Å²) < 4.78 is 11.0. The molecule has 0 bridgehead atoms. The van der Waals surface area contributed by atoms with E-state index >= 15 is 0 Å². The molecule has 1 N–H and O–H groups in total. The summed E-state index contributed by atoms with van der Waals surface area (Å²) in [5, 5.41) is 13.6. The monoisotopic (exact) mass is 400 g/mol. The van der Waals surface area contributed by atoms with Crippen molar-refractivity contribution in [1.82, 2.24) is 0 Å². The van der Waals surface area contributed by atoms with Gasteiger partial charge in [-0.1, -0.05) is 30.7 Å². The third-order valence-corrected chi connectivity index (χ3v) is 4.30. The van der Waals surface area contributed by atoms with E-state index < -0.39 is 4.92 Å². The fourth-order valence-electron chi connectivity index (χ4n) is 2.46. The lowest BCUT2D eigenvalue weighted by atomic mass is 10.1. The van der Waals surface area contributed by atoms with E-state index in [1.165, 1.54) is 23.8 Å². The molecule has 3 rings (SSSR count). The minimum Gasteiger partial charge on any atom is -0.484 e. The number of nitro benzene ring substituents is 1. The van der Waals surface area contributed by atoms with Gasteiger partial charge in [0.15, 0.2) is 5.76 Å². The first-order valence-electron chi connectivity index (χ1n) is 8.52.